The summed E-state index contributed by atoms with van der Waals surface area (Å²) in [6.45, 7) is 0. The highest BCUT2D eigenvalue weighted by atomic mass is 15.0. The van der Waals surface area contributed by atoms with Crippen LogP contribution in [0.1, 0.15) is 0 Å². The van der Waals surface area contributed by atoms with Gasteiger partial charge in [0.05, 0.1) is 5.52 Å². The lowest BCUT2D eigenvalue weighted by Gasteiger charge is -1.96. The van der Waals surface area contributed by atoms with E-state index in [4.69, 9.17) is 5.73 Å². The number of H-pyrrole nitrogens is 1. The van der Waals surface area contributed by atoms with Crippen LogP contribution in [-0.4, -0.2) is 19.9 Å². The van der Waals surface area contributed by atoms with Crippen molar-refractivity contribution < 1.29 is 0 Å². The molecule has 0 bridgehead atoms. The minimum absolute atomic E-state index is 0.478. The zero-order chi connectivity index (χ0) is 11.0. The van der Waals surface area contributed by atoms with Gasteiger partial charge in [-0.1, -0.05) is 6.07 Å². The second-order valence-corrected chi connectivity index (χ2v) is 3.41. The summed E-state index contributed by atoms with van der Waals surface area (Å²) in [7, 11) is 0. The molecule has 0 saturated heterocycles. The summed E-state index contributed by atoms with van der Waals surface area (Å²) in [5, 5.41) is 0. The zero-order valence-corrected chi connectivity index (χ0v) is 8.38. The molecular weight excluding hydrogens is 202 g/mol. The average molecular weight is 211 g/mol. The van der Waals surface area contributed by atoms with Gasteiger partial charge in [-0.15, -0.1) is 0 Å². The third kappa shape index (κ3) is 1.38. The Balaban J connectivity index is 2.19. The van der Waals surface area contributed by atoms with Crippen molar-refractivity contribution in [3.05, 3.63) is 36.5 Å². The number of aromatic nitrogens is 4. The molecule has 0 aromatic carbocycles. The molecule has 3 aromatic rings. The lowest BCUT2D eigenvalue weighted by molar-refractivity contribution is 1.23. The number of rotatable bonds is 1. The molecule has 0 fully saturated rings. The SMILES string of the molecule is Nc1cccc(-c2nc3ncccc3[nH]2)n1. The number of hydrogen-bond acceptors (Lipinski definition) is 4. The summed E-state index contributed by atoms with van der Waals surface area (Å²) < 4.78 is 0. The number of nitrogens with one attached hydrogen (secondary N) is 1. The number of imidazole rings is 1. The van der Waals surface area contributed by atoms with Crippen molar-refractivity contribution in [2.45, 2.75) is 0 Å². The first-order valence-corrected chi connectivity index (χ1v) is 4.86. The van der Waals surface area contributed by atoms with Gasteiger partial charge < -0.3 is 10.7 Å². The van der Waals surface area contributed by atoms with Crippen LogP contribution in [0.15, 0.2) is 36.5 Å². The van der Waals surface area contributed by atoms with Crippen molar-refractivity contribution in [3.63, 3.8) is 0 Å². The van der Waals surface area contributed by atoms with Gasteiger partial charge in [-0.25, -0.2) is 15.0 Å². The maximum Gasteiger partial charge on any atom is 0.178 e. The lowest BCUT2D eigenvalue weighted by atomic mass is 10.3. The van der Waals surface area contributed by atoms with Gasteiger partial charge in [0.2, 0.25) is 0 Å². The molecular formula is C11H9N5. The van der Waals surface area contributed by atoms with E-state index in [1.807, 2.05) is 24.3 Å². The molecule has 0 aliphatic carbocycles. The number of hydrogen-bond donors (Lipinski definition) is 2. The number of anilines is 1. The standard InChI is InChI=1S/C11H9N5/c12-9-5-1-3-8(14-9)11-15-7-4-2-6-13-10(7)16-11/h1-6H,(H2,12,14)(H,13,15,16). The minimum Gasteiger partial charge on any atom is -0.384 e. The monoisotopic (exact) mass is 211 g/mol. The summed E-state index contributed by atoms with van der Waals surface area (Å²) >= 11 is 0. The largest absolute Gasteiger partial charge is 0.384 e. The first-order chi connectivity index (χ1) is 7.83. The smallest absolute Gasteiger partial charge is 0.178 e. The molecule has 0 saturated carbocycles. The molecule has 0 spiro atoms. The topological polar surface area (TPSA) is 80.5 Å². The normalized spacial score (nSPS) is 10.8. The van der Waals surface area contributed by atoms with Crippen LogP contribution in [-0.2, 0) is 0 Å². The van der Waals surface area contributed by atoms with Gasteiger partial charge in [-0.3, -0.25) is 0 Å². The predicted octanol–water partition coefficient (Wildman–Crippen LogP) is 1.60. The molecule has 5 heteroatoms. The Morgan fingerprint density at radius 2 is 2.00 bits per heavy atom. The van der Waals surface area contributed by atoms with Crippen LogP contribution in [0.25, 0.3) is 22.7 Å². The molecule has 0 unspecified atom stereocenters. The highest BCUT2D eigenvalue weighted by Gasteiger charge is 2.06. The van der Waals surface area contributed by atoms with Crippen molar-refractivity contribution in [2.24, 2.45) is 0 Å². The molecule has 3 rings (SSSR count). The Hall–Kier alpha value is -2.43. The van der Waals surface area contributed by atoms with E-state index in [-0.39, 0.29) is 0 Å². The van der Waals surface area contributed by atoms with E-state index in [9.17, 15) is 0 Å². The molecule has 0 atom stereocenters. The number of nitrogens with two attached hydrogens (primary N) is 1. The van der Waals surface area contributed by atoms with Crippen LogP contribution in [0.5, 0.6) is 0 Å². The molecule has 3 N–H and O–H groups in total. The summed E-state index contributed by atoms with van der Waals surface area (Å²) in [5.74, 6) is 1.16. The van der Waals surface area contributed by atoms with E-state index < -0.39 is 0 Å². The first kappa shape index (κ1) is 8.84. The van der Waals surface area contributed by atoms with E-state index in [1.165, 1.54) is 0 Å². The summed E-state index contributed by atoms with van der Waals surface area (Å²) in [5.41, 5.74) is 7.91. The number of nitrogens with zero attached hydrogens (tertiary/aromatic N) is 3. The second-order valence-electron chi connectivity index (χ2n) is 3.41. The van der Waals surface area contributed by atoms with Crippen LogP contribution < -0.4 is 5.73 Å². The fraction of sp³-hybridized carbons (Fsp3) is 0. The molecule has 5 nitrogen and oxygen atoms in total. The number of aromatic amines is 1. The Kier molecular flexibility index (Phi) is 1.83. The van der Waals surface area contributed by atoms with Crippen molar-refractivity contribution in [1.82, 2.24) is 19.9 Å². The van der Waals surface area contributed by atoms with Gasteiger partial charge >= 0.3 is 0 Å². The van der Waals surface area contributed by atoms with Crippen molar-refractivity contribution in [3.8, 4) is 11.5 Å². The van der Waals surface area contributed by atoms with Gasteiger partial charge in [-0.2, -0.15) is 0 Å². The van der Waals surface area contributed by atoms with Gasteiger partial charge in [0.15, 0.2) is 11.5 Å². The first-order valence-electron chi connectivity index (χ1n) is 4.86. The van der Waals surface area contributed by atoms with Gasteiger partial charge in [0.1, 0.15) is 11.5 Å². The maximum absolute atomic E-state index is 5.62. The molecule has 16 heavy (non-hydrogen) atoms. The quantitative estimate of drug-likeness (QED) is 0.640. The average Bonchev–Trinajstić information content (AvgIpc) is 2.72. The lowest BCUT2D eigenvalue weighted by Crippen LogP contribution is -1.92. The second kappa shape index (κ2) is 3.30. The minimum atomic E-state index is 0.478. The van der Waals surface area contributed by atoms with Crippen molar-refractivity contribution in [2.75, 3.05) is 5.73 Å². The molecule has 78 valence electrons. The third-order valence-electron chi connectivity index (χ3n) is 2.27. The zero-order valence-electron chi connectivity index (χ0n) is 8.38. The Morgan fingerprint density at radius 3 is 2.81 bits per heavy atom. The number of pyridine rings is 2. The number of nitrogen functional groups attached to an aromatic ring is 1. The van der Waals surface area contributed by atoms with Crippen LogP contribution in [0.4, 0.5) is 5.82 Å². The summed E-state index contributed by atoms with van der Waals surface area (Å²) in [4.78, 5) is 15.8. The van der Waals surface area contributed by atoms with E-state index in [1.54, 1.807) is 12.3 Å². The molecule has 3 heterocycles. The summed E-state index contributed by atoms with van der Waals surface area (Å²) in [6, 6.07) is 9.22. The summed E-state index contributed by atoms with van der Waals surface area (Å²) in [6.07, 6.45) is 1.71. The van der Waals surface area contributed by atoms with E-state index >= 15 is 0 Å². The van der Waals surface area contributed by atoms with Gasteiger partial charge in [0, 0.05) is 6.20 Å². The van der Waals surface area contributed by atoms with Crippen LogP contribution in [0.3, 0.4) is 0 Å². The Morgan fingerprint density at radius 1 is 1.06 bits per heavy atom. The Labute approximate surface area is 91.4 Å². The van der Waals surface area contributed by atoms with E-state index in [0.717, 1.165) is 11.2 Å². The predicted molar refractivity (Wildman–Crippen MR) is 61.5 cm³/mol. The molecule has 0 amide bonds. The molecule has 3 aromatic heterocycles. The van der Waals surface area contributed by atoms with Crippen LogP contribution >= 0.6 is 0 Å². The van der Waals surface area contributed by atoms with Crippen molar-refractivity contribution in [1.29, 1.82) is 0 Å². The van der Waals surface area contributed by atoms with Crippen molar-refractivity contribution >= 4 is 17.0 Å². The third-order valence-corrected chi connectivity index (χ3v) is 2.27. The molecule has 0 aliphatic heterocycles. The fourth-order valence-corrected chi connectivity index (χ4v) is 1.55. The Bertz CT molecular complexity index is 610. The van der Waals surface area contributed by atoms with Gasteiger partial charge in [-0.05, 0) is 24.3 Å². The van der Waals surface area contributed by atoms with E-state index in [0.29, 0.717) is 17.3 Å². The maximum atomic E-state index is 5.62. The molecule has 0 radical (unpaired) electrons. The number of fused-ring (bicyclic) bond motifs is 1. The molecule has 0 aliphatic rings. The van der Waals surface area contributed by atoms with Crippen LogP contribution in [0, 0.1) is 0 Å². The highest BCUT2D eigenvalue weighted by molar-refractivity contribution is 5.74. The highest BCUT2D eigenvalue weighted by Crippen LogP contribution is 2.17. The van der Waals surface area contributed by atoms with Gasteiger partial charge in [0.25, 0.3) is 0 Å². The van der Waals surface area contributed by atoms with Crippen LogP contribution in [0.2, 0.25) is 0 Å². The van der Waals surface area contributed by atoms with E-state index in [2.05, 4.69) is 19.9 Å². The fourth-order valence-electron chi connectivity index (χ4n) is 1.55.